The molecule has 106 valence electrons. The monoisotopic (exact) mass is 265 g/mol. The summed E-state index contributed by atoms with van der Waals surface area (Å²) in [5.74, 6) is 3.17. The molecule has 1 fully saturated rings. The molecule has 2 N–H and O–H groups in total. The average Bonchev–Trinajstić information content (AvgIpc) is 2.90. The van der Waals surface area contributed by atoms with E-state index in [4.69, 9.17) is 9.52 Å². The first-order valence-electron chi connectivity index (χ1n) is 6.92. The van der Waals surface area contributed by atoms with Gasteiger partial charge in [-0.25, -0.2) is 0 Å². The molecule has 1 aliphatic rings. The Morgan fingerprint density at radius 2 is 2.21 bits per heavy atom. The van der Waals surface area contributed by atoms with E-state index in [1.54, 1.807) is 13.8 Å². The topological polar surface area (TPSA) is 62.5 Å². The maximum Gasteiger partial charge on any atom is 0.220 e. The maximum atomic E-state index is 11.7. The molecule has 19 heavy (non-hydrogen) atoms. The second-order valence-corrected chi connectivity index (χ2v) is 6.21. The number of carbonyl (C=O) groups is 1. The first-order chi connectivity index (χ1) is 8.91. The highest BCUT2D eigenvalue weighted by Gasteiger charge is 2.36. The number of hydrogen-bond acceptors (Lipinski definition) is 3. The van der Waals surface area contributed by atoms with Gasteiger partial charge in [0.25, 0.3) is 0 Å². The van der Waals surface area contributed by atoms with Crippen molar-refractivity contribution in [3.63, 3.8) is 0 Å². The summed E-state index contributed by atoms with van der Waals surface area (Å²) >= 11 is 0. The van der Waals surface area contributed by atoms with Crippen LogP contribution in [0.4, 0.5) is 0 Å². The predicted molar refractivity (Wildman–Crippen MR) is 72.9 cm³/mol. The van der Waals surface area contributed by atoms with E-state index in [0.29, 0.717) is 18.8 Å². The Labute approximate surface area is 114 Å². The molecule has 2 unspecified atom stereocenters. The van der Waals surface area contributed by atoms with Crippen LogP contribution in [-0.2, 0) is 11.2 Å². The Hall–Kier alpha value is -1.29. The lowest BCUT2D eigenvalue weighted by molar-refractivity contribution is -0.123. The lowest BCUT2D eigenvalue weighted by Gasteiger charge is -2.23. The number of aliphatic hydroxyl groups excluding tert-OH is 1. The van der Waals surface area contributed by atoms with Crippen molar-refractivity contribution in [1.29, 1.82) is 0 Å². The summed E-state index contributed by atoms with van der Waals surface area (Å²) in [5, 5.41) is 11.9. The lowest BCUT2D eigenvalue weighted by atomic mass is 10.1. The van der Waals surface area contributed by atoms with Crippen LogP contribution in [0.3, 0.4) is 0 Å². The minimum Gasteiger partial charge on any atom is -0.466 e. The summed E-state index contributed by atoms with van der Waals surface area (Å²) in [4.78, 5) is 11.7. The Kier molecular flexibility index (Phi) is 3.99. The molecule has 1 saturated carbocycles. The van der Waals surface area contributed by atoms with Gasteiger partial charge < -0.3 is 14.8 Å². The molecule has 1 heterocycles. The van der Waals surface area contributed by atoms with Crippen LogP contribution in [0.15, 0.2) is 16.5 Å². The van der Waals surface area contributed by atoms with Crippen LogP contribution in [0.25, 0.3) is 0 Å². The zero-order valence-corrected chi connectivity index (χ0v) is 11.9. The van der Waals surface area contributed by atoms with Crippen LogP contribution in [-0.4, -0.2) is 23.2 Å². The third-order valence-electron chi connectivity index (χ3n) is 3.63. The highest BCUT2D eigenvalue weighted by molar-refractivity contribution is 5.76. The lowest BCUT2D eigenvalue weighted by Crippen LogP contribution is -2.46. The van der Waals surface area contributed by atoms with Crippen LogP contribution in [0, 0.1) is 5.92 Å². The first kappa shape index (κ1) is 14.1. The number of hydrogen-bond donors (Lipinski definition) is 2. The van der Waals surface area contributed by atoms with E-state index in [1.165, 1.54) is 6.42 Å². The van der Waals surface area contributed by atoms with E-state index in [2.05, 4.69) is 12.2 Å². The molecular formula is C15H23NO3. The van der Waals surface area contributed by atoms with E-state index in [1.807, 2.05) is 12.1 Å². The molecule has 1 aliphatic carbocycles. The van der Waals surface area contributed by atoms with Gasteiger partial charge in [0, 0.05) is 18.8 Å². The summed E-state index contributed by atoms with van der Waals surface area (Å²) in [6.07, 6.45) is 2.20. The highest BCUT2D eigenvalue weighted by Crippen LogP contribution is 2.47. The quantitative estimate of drug-likeness (QED) is 0.829. The summed E-state index contributed by atoms with van der Waals surface area (Å²) in [6.45, 7) is 5.75. The fourth-order valence-corrected chi connectivity index (χ4v) is 2.16. The molecule has 0 spiro atoms. The molecule has 1 aromatic heterocycles. The Morgan fingerprint density at radius 3 is 2.79 bits per heavy atom. The smallest absolute Gasteiger partial charge is 0.220 e. The largest absolute Gasteiger partial charge is 0.466 e. The third kappa shape index (κ3) is 3.83. The van der Waals surface area contributed by atoms with E-state index in [9.17, 15) is 4.79 Å². The molecule has 1 amide bonds. The minimum absolute atomic E-state index is 0.0585. The van der Waals surface area contributed by atoms with Crippen molar-refractivity contribution in [1.82, 2.24) is 5.32 Å². The van der Waals surface area contributed by atoms with Crippen molar-refractivity contribution in [2.45, 2.75) is 51.5 Å². The number of nitrogens with one attached hydrogen (secondary N) is 1. The van der Waals surface area contributed by atoms with Crippen molar-refractivity contribution in [2.75, 3.05) is 6.61 Å². The fraction of sp³-hybridized carbons (Fsp3) is 0.667. The summed E-state index contributed by atoms with van der Waals surface area (Å²) < 4.78 is 5.76. The summed E-state index contributed by atoms with van der Waals surface area (Å²) in [7, 11) is 0. The Bertz CT molecular complexity index is 450. The molecule has 0 radical (unpaired) electrons. The van der Waals surface area contributed by atoms with Gasteiger partial charge in [-0.2, -0.15) is 0 Å². The highest BCUT2D eigenvalue weighted by atomic mass is 16.3. The van der Waals surface area contributed by atoms with Gasteiger partial charge in [0.15, 0.2) is 0 Å². The van der Waals surface area contributed by atoms with Gasteiger partial charge in [0.2, 0.25) is 5.91 Å². The second kappa shape index (κ2) is 5.37. The number of carbonyl (C=O) groups excluding carboxylic acids is 1. The molecule has 0 aromatic carbocycles. The van der Waals surface area contributed by atoms with Crippen molar-refractivity contribution in [2.24, 2.45) is 5.92 Å². The van der Waals surface area contributed by atoms with Crippen molar-refractivity contribution >= 4 is 5.91 Å². The van der Waals surface area contributed by atoms with Gasteiger partial charge in [-0.1, -0.05) is 6.92 Å². The molecule has 4 heteroatoms. The number of aryl methyl sites for hydroxylation is 1. The molecule has 0 saturated heterocycles. The first-order valence-corrected chi connectivity index (χ1v) is 6.92. The van der Waals surface area contributed by atoms with Crippen molar-refractivity contribution in [3.05, 3.63) is 23.7 Å². The average molecular weight is 265 g/mol. The van der Waals surface area contributed by atoms with E-state index >= 15 is 0 Å². The van der Waals surface area contributed by atoms with Gasteiger partial charge in [-0.15, -0.1) is 0 Å². The maximum absolute atomic E-state index is 11.7. The van der Waals surface area contributed by atoms with Gasteiger partial charge in [0.1, 0.15) is 11.5 Å². The molecule has 0 aliphatic heterocycles. The Balaban J connectivity index is 1.79. The number of aliphatic hydroxyl groups is 1. The molecule has 2 rings (SSSR count). The van der Waals surface area contributed by atoms with Crippen LogP contribution < -0.4 is 5.32 Å². The molecule has 4 nitrogen and oxygen atoms in total. The van der Waals surface area contributed by atoms with Gasteiger partial charge in [0.05, 0.1) is 12.1 Å². The second-order valence-electron chi connectivity index (χ2n) is 6.21. The number of amides is 1. The summed E-state index contributed by atoms with van der Waals surface area (Å²) in [5.41, 5.74) is -0.561. The number of rotatable bonds is 6. The van der Waals surface area contributed by atoms with Crippen LogP contribution >= 0.6 is 0 Å². The normalized spacial score (nSPS) is 22.3. The molecule has 0 bridgehead atoms. The standard InChI is InChI=1S/C15H23NO3/c1-10-8-12(10)13-6-4-11(19-13)5-7-14(18)16-15(2,3)9-17/h4,6,10,12,17H,5,7-9H2,1-3H3,(H,16,18). The predicted octanol–water partition coefficient (Wildman–Crippen LogP) is 2.22. The molecule has 1 aromatic rings. The molecule has 2 atom stereocenters. The SMILES string of the molecule is CC1CC1c1ccc(CCC(=O)NC(C)(C)CO)o1. The molecular weight excluding hydrogens is 242 g/mol. The zero-order chi connectivity index (χ0) is 14.0. The van der Waals surface area contributed by atoms with E-state index in [-0.39, 0.29) is 12.5 Å². The van der Waals surface area contributed by atoms with E-state index < -0.39 is 5.54 Å². The van der Waals surface area contributed by atoms with Crippen molar-refractivity contribution < 1.29 is 14.3 Å². The van der Waals surface area contributed by atoms with Crippen LogP contribution in [0.5, 0.6) is 0 Å². The third-order valence-corrected chi connectivity index (χ3v) is 3.63. The van der Waals surface area contributed by atoms with Gasteiger partial charge >= 0.3 is 0 Å². The van der Waals surface area contributed by atoms with Crippen molar-refractivity contribution in [3.8, 4) is 0 Å². The fourth-order valence-electron chi connectivity index (χ4n) is 2.16. The van der Waals surface area contributed by atoms with E-state index in [0.717, 1.165) is 17.4 Å². The Morgan fingerprint density at radius 1 is 1.53 bits per heavy atom. The zero-order valence-electron chi connectivity index (χ0n) is 11.9. The summed E-state index contributed by atoms with van der Waals surface area (Å²) in [6, 6.07) is 3.99. The van der Waals surface area contributed by atoms with Gasteiger partial charge in [-0.3, -0.25) is 4.79 Å². The van der Waals surface area contributed by atoms with Crippen LogP contribution in [0.2, 0.25) is 0 Å². The minimum atomic E-state index is -0.561. The van der Waals surface area contributed by atoms with Crippen LogP contribution in [0.1, 0.15) is 51.1 Å². The number of furan rings is 1. The van der Waals surface area contributed by atoms with Gasteiger partial charge in [-0.05, 0) is 38.3 Å².